The quantitative estimate of drug-likeness (QED) is 0.806. The first-order chi connectivity index (χ1) is 13.5. The maximum absolute atomic E-state index is 12.6. The molecular weight excluding hydrogens is 356 g/mol. The van der Waals surface area contributed by atoms with E-state index in [9.17, 15) is 14.4 Å². The molecule has 2 aromatic rings. The zero-order chi connectivity index (χ0) is 19.7. The van der Waals surface area contributed by atoms with Gasteiger partial charge in [0.25, 0.3) is 11.8 Å². The Morgan fingerprint density at radius 1 is 1.00 bits per heavy atom. The molecule has 0 aromatic heterocycles. The van der Waals surface area contributed by atoms with E-state index in [1.54, 1.807) is 43.3 Å². The van der Waals surface area contributed by atoms with Crippen LogP contribution < -0.4 is 10.1 Å². The van der Waals surface area contributed by atoms with Crippen molar-refractivity contribution < 1.29 is 19.1 Å². The number of nitrogens with zero attached hydrogens (tertiary/aromatic N) is 1. The number of rotatable bonds is 5. The summed E-state index contributed by atoms with van der Waals surface area (Å²) in [7, 11) is 0. The smallest absolute Gasteiger partial charge is 0.262 e. The van der Waals surface area contributed by atoms with Gasteiger partial charge in [-0.1, -0.05) is 12.1 Å². The number of hydrogen-bond donors (Lipinski definition) is 1. The molecule has 1 unspecified atom stereocenters. The van der Waals surface area contributed by atoms with Crippen molar-refractivity contribution in [2.45, 2.75) is 44.8 Å². The monoisotopic (exact) mass is 378 g/mol. The molecule has 1 heterocycles. The molecule has 1 N–H and O–H groups in total. The molecule has 2 aromatic carbocycles. The van der Waals surface area contributed by atoms with Gasteiger partial charge in [-0.05, 0) is 69.0 Å². The van der Waals surface area contributed by atoms with Gasteiger partial charge in [-0.3, -0.25) is 19.3 Å². The first-order valence-corrected chi connectivity index (χ1v) is 9.59. The van der Waals surface area contributed by atoms with Gasteiger partial charge in [-0.25, -0.2) is 0 Å². The van der Waals surface area contributed by atoms with Crippen LogP contribution in [0.1, 0.15) is 53.3 Å². The summed E-state index contributed by atoms with van der Waals surface area (Å²) in [6, 6.07) is 12.9. The van der Waals surface area contributed by atoms with Crippen molar-refractivity contribution in [1.29, 1.82) is 0 Å². The fraction of sp³-hybridized carbons (Fsp3) is 0.318. The van der Waals surface area contributed by atoms with Crippen LogP contribution in [0.25, 0.3) is 0 Å². The van der Waals surface area contributed by atoms with E-state index in [0.717, 1.165) is 23.5 Å². The van der Waals surface area contributed by atoms with E-state index in [1.807, 2.05) is 12.1 Å². The third kappa shape index (κ3) is 3.38. The van der Waals surface area contributed by atoms with E-state index >= 15 is 0 Å². The predicted molar refractivity (Wildman–Crippen MR) is 104 cm³/mol. The second-order valence-corrected chi connectivity index (χ2v) is 7.24. The van der Waals surface area contributed by atoms with Crippen LogP contribution in [0.15, 0.2) is 48.5 Å². The van der Waals surface area contributed by atoms with Gasteiger partial charge in [0.05, 0.1) is 17.2 Å². The molecule has 0 bridgehead atoms. The van der Waals surface area contributed by atoms with Gasteiger partial charge in [0.15, 0.2) is 0 Å². The van der Waals surface area contributed by atoms with Crippen LogP contribution in [0.2, 0.25) is 0 Å². The molecule has 144 valence electrons. The van der Waals surface area contributed by atoms with Crippen LogP contribution in [0.5, 0.6) is 5.75 Å². The number of imide groups is 1. The second kappa shape index (κ2) is 7.46. The molecule has 2 aliphatic rings. The molecule has 0 spiro atoms. The highest BCUT2D eigenvalue weighted by molar-refractivity contribution is 6.23. The summed E-state index contributed by atoms with van der Waals surface area (Å²) in [6.07, 6.45) is 4.84. The molecule has 0 radical (unpaired) electrons. The zero-order valence-electron chi connectivity index (χ0n) is 15.7. The van der Waals surface area contributed by atoms with Gasteiger partial charge in [-0.2, -0.15) is 0 Å². The van der Waals surface area contributed by atoms with Gasteiger partial charge in [0, 0.05) is 5.69 Å². The Hall–Kier alpha value is -3.15. The molecule has 4 rings (SSSR count). The van der Waals surface area contributed by atoms with E-state index in [1.165, 1.54) is 12.8 Å². The molecule has 6 heteroatoms. The lowest BCUT2D eigenvalue weighted by molar-refractivity contribution is -0.119. The minimum atomic E-state index is -0.915. The molecule has 1 aliphatic heterocycles. The van der Waals surface area contributed by atoms with Crippen molar-refractivity contribution in [2.24, 2.45) is 0 Å². The van der Waals surface area contributed by atoms with Gasteiger partial charge < -0.3 is 10.1 Å². The average Bonchev–Trinajstić information content (AvgIpc) is 3.30. The van der Waals surface area contributed by atoms with Crippen molar-refractivity contribution in [2.75, 3.05) is 5.32 Å². The highest BCUT2D eigenvalue weighted by atomic mass is 16.5. The van der Waals surface area contributed by atoms with Crippen molar-refractivity contribution in [3.8, 4) is 5.75 Å². The molecule has 1 atom stereocenters. The molecule has 1 aliphatic carbocycles. The lowest BCUT2D eigenvalue weighted by Gasteiger charge is -2.21. The number of carbonyl (C=O) groups excluding carboxylic acids is 3. The van der Waals surface area contributed by atoms with E-state index in [-0.39, 0.29) is 6.10 Å². The third-order valence-corrected chi connectivity index (χ3v) is 5.32. The largest absolute Gasteiger partial charge is 0.490 e. The van der Waals surface area contributed by atoms with Crippen LogP contribution in [0.3, 0.4) is 0 Å². The number of carbonyl (C=O) groups is 3. The fourth-order valence-corrected chi connectivity index (χ4v) is 3.74. The lowest BCUT2D eigenvalue weighted by atomic mass is 10.1. The summed E-state index contributed by atoms with van der Waals surface area (Å²) in [5.41, 5.74) is 1.26. The van der Waals surface area contributed by atoms with Crippen LogP contribution in [-0.4, -0.2) is 34.8 Å². The molecule has 1 fully saturated rings. The normalized spacial score (nSPS) is 17.5. The fourth-order valence-electron chi connectivity index (χ4n) is 3.74. The lowest BCUT2D eigenvalue weighted by Crippen LogP contribution is -2.45. The molecule has 6 nitrogen and oxygen atoms in total. The van der Waals surface area contributed by atoms with Gasteiger partial charge in [0.1, 0.15) is 11.8 Å². The summed E-state index contributed by atoms with van der Waals surface area (Å²) in [5, 5.41) is 2.77. The summed E-state index contributed by atoms with van der Waals surface area (Å²) < 4.78 is 5.92. The number of benzene rings is 2. The number of amides is 3. The van der Waals surface area contributed by atoms with Gasteiger partial charge >= 0.3 is 0 Å². The number of fused-ring (bicyclic) bond motifs is 1. The average molecular weight is 378 g/mol. The number of anilines is 1. The van der Waals surface area contributed by atoms with Gasteiger partial charge in [0.2, 0.25) is 5.91 Å². The molecule has 28 heavy (non-hydrogen) atoms. The van der Waals surface area contributed by atoms with E-state index in [0.29, 0.717) is 16.8 Å². The van der Waals surface area contributed by atoms with Crippen molar-refractivity contribution in [3.05, 3.63) is 59.7 Å². The Kier molecular flexibility index (Phi) is 4.86. The Morgan fingerprint density at radius 3 is 2.14 bits per heavy atom. The topological polar surface area (TPSA) is 75.7 Å². The van der Waals surface area contributed by atoms with E-state index in [4.69, 9.17) is 4.74 Å². The number of nitrogens with one attached hydrogen (secondary N) is 1. The van der Waals surface area contributed by atoms with Crippen LogP contribution >= 0.6 is 0 Å². The number of ether oxygens (including phenoxy) is 1. The highest BCUT2D eigenvalue weighted by Gasteiger charge is 2.40. The predicted octanol–water partition coefficient (Wildman–Crippen LogP) is 3.63. The second-order valence-electron chi connectivity index (χ2n) is 7.24. The summed E-state index contributed by atoms with van der Waals surface area (Å²) >= 11 is 0. The van der Waals surface area contributed by atoms with E-state index in [2.05, 4.69) is 5.32 Å². The highest BCUT2D eigenvalue weighted by Crippen LogP contribution is 2.26. The maximum Gasteiger partial charge on any atom is 0.262 e. The summed E-state index contributed by atoms with van der Waals surface area (Å²) in [4.78, 5) is 38.7. The summed E-state index contributed by atoms with van der Waals surface area (Å²) in [6.45, 7) is 1.55. The van der Waals surface area contributed by atoms with Crippen molar-refractivity contribution >= 4 is 23.4 Å². The van der Waals surface area contributed by atoms with Crippen molar-refractivity contribution in [3.63, 3.8) is 0 Å². The van der Waals surface area contributed by atoms with Crippen LogP contribution in [0.4, 0.5) is 5.69 Å². The Balaban J connectivity index is 1.41. The van der Waals surface area contributed by atoms with Crippen LogP contribution in [0, 0.1) is 0 Å². The van der Waals surface area contributed by atoms with Crippen LogP contribution in [-0.2, 0) is 4.79 Å². The first-order valence-electron chi connectivity index (χ1n) is 9.59. The van der Waals surface area contributed by atoms with E-state index < -0.39 is 23.8 Å². The van der Waals surface area contributed by atoms with Crippen molar-refractivity contribution in [1.82, 2.24) is 4.90 Å². The maximum atomic E-state index is 12.6. The molecular formula is C22H22N2O4. The SMILES string of the molecule is CC(C(=O)Nc1ccc(OC2CCCC2)cc1)N1C(=O)c2ccccc2C1=O. The molecule has 0 saturated heterocycles. The third-order valence-electron chi connectivity index (χ3n) is 5.32. The Morgan fingerprint density at radius 2 is 1.57 bits per heavy atom. The Labute approximate surface area is 163 Å². The van der Waals surface area contributed by atoms with Gasteiger partial charge in [-0.15, -0.1) is 0 Å². The molecule has 1 saturated carbocycles. The minimum Gasteiger partial charge on any atom is -0.490 e. The zero-order valence-corrected chi connectivity index (χ0v) is 15.7. The minimum absolute atomic E-state index is 0.272. The molecule has 3 amide bonds. The first kappa shape index (κ1) is 18.2. The number of hydrogen-bond acceptors (Lipinski definition) is 4. The standard InChI is InChI=1S/C22H22N2O4/c1-14(24-21(26)18-8-4-5-9-19(18)22(24)27)20(25)23-15-10-12-17(13-11-15)28-16-6-2-3-7-16/h4-5,8-14,16H,2-3,6-7H2,1H3,(H,23,25). The Bertz CT molecular complexity index is 881. The summed E-state index contributed by atoms with van der Waals surface area (Å²) in [5.74, 6) is -0.524.